The van der Waals surface area contributed by atoms with Gasteiger partial charge in [0.2, 0.25) is 0 Å². The molecule has 7 nitrogen and oxygen atoms in total. The second-order valence-electron chi connectivity index (χ2n) is 6.01. The summed E-state index contributed by atoms with van der Waals surface area (Å²) < 4.78 is 45.7. The highest BCUT2D eigenvalue weighted by Crippen LogP contribution is 2.38. The number of nitrogens with zero attached hydrogens (tertiary/aromatic N) is 2. The summed E-state index contributed by atoms with van der Waals surface area (Å²) in [5, 5.41) is 7.11. The van der Waals surface area contributed by atoms with Crippen LogP contribution in [-0.4, -0.2) is 60.9 Å². The van der Waals surface area contributed by atoms with E-state index in [0.717, 1.165) is 17.0 Å². The fraction of sp³-hybridized carbons (Fsp3) is 0.375. The molecule has 26 heavy (non-hydrogen) atoms. The lowest BCUT2D eigenvalue weighted by molar-refractivity contribution is -0.136. The van der Waals surface area contributed by atoms with Gasteiger partial charge in [0.25, 0.3) is 5.91 Å². The molecule has 0 spiro atoms. The molecule has 0 unspecified atom stereocenters. The highest BCUT2D eigenvalue weighted by atomic mass is 19.4. The van der Waals surface area contributed by atoms with Crippen LogP contribution in [0.1, 0.15) is 16.1 Å². The number of rotatable bonds is 5. The third-order valence-electron chi connectivity index (χ3n) is 3.72. The van der Waals surface area contributed by atoms with Gasteiger partial charge in [0, 0.05) is 25.0 Å². The topological polar surface area (TPSA) is 98.4 Å². The molecule has 0 saturated heterocycles. The zero-order chi connectivity index (χ0) is 19.6. The van der Waals surface area contributed by atoms with Gasteiger partial charge < -0.3 is 20.4 Å². The molecule has 1 aromatic carbocycles. The molecule has 0 atom stereocenters. The Kier molecular flexibility index (Phi) is 5.45. The number of ether oxygens (including phenoxy) is 1. The van der Waals surface area contributed by atoms with Gasteiger partial charge in [-0.1, -0.05) is 0 Å². The van der Waals surface area contributed by atoms with Crippen molar-refractivity contribution in [3.8, 4) is 5.75 Å². The molecule has 1 amide bonds. The number of H-pyrrole nitrogens is 1. The molecule has 0 bridgehead atoms. The molecular weight excluding hydrogens is 351 g/mol. The van der Waals surface area contributed by atoms with Gasteiger partial charge in [-0.2, -0.15) is 13.2 Å². The summed E-state index contributed by atoms with van der Waals surface area (Å²) in [6.45, 7) is 0.757. The second kappa shape index (κ2) is 7.24. The summed E-state index contributed by atoms with van der Waals surface area (Å²) in [4.78, 5) is 17.5. The summed E-state index contributed by atoms with van der Waals surface area (Å²) in [5.41, 5.74) is 4.34. The Balaban J connectivity index is 2.47. The van der Waals surface area contributed by atoms with Gasteiger partial charge in [-0.25, -0.2) is 0 Å². The van der Waals surface area contributed by atoms with Crippen molar-refractivity contribution in [3.63, 3.8) is 0 Å². The predicted molar refractivity (Wildman–Crippen MR) is 91.4 cm³/mol. The summed E-state index contributed by atoms with van der Waals surface area (Å²) >= 11 is 0. The van der Waals surface area contributed by atoms with E-state index in [-0.39, 0.29) is 29.0 Å². The number of amides is 1. The van der Waals surface area contributed by atoms with Gasteiger partial charge in [0.05, 0.1) is 11.1 Å². The van der Waals surface area contributed by atoms with Crippen LogP contribution in [-0.2, 0) is 6.18 Å². The van der Waals surface area contributed by atoms with Crippen molar-refractivity contribution in [1.29, 1.82) is 5.41 Å². The average molecular weight is 371 g/mol. The van der Waals surface area contributed by atoms with E-state index in [1.807, 2.05) is 19.0 Å². The van der Waals surface area contributed by atoms with Crippen LogP contribution >= 0.6 is 0 Å². The molecule has 0 aliphatic carbocycles. The highest BCUT2D eigenvalue weighted by molar-refractivity contribution is 6.06. The van der Waals surface area contributed by atoms with E-state index >= 15 is 0 Å². The van der Waals surface area contributed by atoms with Crippen molar-refractivity contribution in [2.75, 3.05) is 34.3 Å². The molecule has 2 aromatic rings. The molecular formula is C16H20F3N5O2. The van der Waals surface area contributed by atoms with Crippen LogP contribution in [0.15, 0.2) is 18.2 Å². The van der Waals surface area contributed by atoms with Crippen LogP contribution in [0.3, 0.4) is 0 Å². The SMILES string of the molecule is CN(C)CCOc1cc(C(F)(F)F)c2cc(C(=O)N(C)C(=N)N)[nH]c2c1. The monoisotopic (exact) mass is 371 g/mol. The molecule has 1 heterocycles. The Morgan fingerprint density at radius 1 is 1.27 bits per heavy atom. The standard InChI is InChI=1S/C16H20F3N5O2/c1-23(2)4-5-26-9-6-11(16(17,18)19)10-8-13(22-12(10)7-9)14(25)24(3)15(20)21/h6-8,22H,4-5H2,1-3H3,(H3,20,21). The average Bonchev–Trinajstić information content (AvgIpc) is 2.95. The van der Waals surface area contributed by atoms with E-state index < -0.39 is 23.6 Å². The van der Waals surface area contributed by atoms with E-state index in [4.69, 9.17) is 15.9 Å². The van der Waals surface area contributed by atoms with Crippen molar-refractivity contribution in [2.45, 2.75) is 6.18 Å². The van der Waals surface area contributed by atoms with Gasteiger partial charge in [0.15, 0.2) is 5.96 Å². The third kappa shape index (κ3) is 4.26. The van der Waals surface area contributed by atoms with Gasteiger partial charge in [0.1, 0.15) is 18.1 Å². The van der Waals surface area contributed by atoms with E-state index in [2.05, 4.69) is 4.98 Å². The zero-order valence-electron chi connectivity index (χ0n) is 14.6. The number of carbonyl (C=O) groups excluding carboxylic acids is 1. The van der Waals surface area contributed by atoms with E-state index in [0.29, 0.717) is 6.54 Å². The molecule has 10 heteroatoms. The lowest BCUT2D eigenvalue weighted by Gasteiger charge is -2.13. The quantitative estimate of drug-likeness (QED) is 0.554. The Morgan fingerprint density at radius 2 is 1.92 bits per heavy atom. The number of hydrogen-bond donors (Lipinski definition) is 3. The van der Waals surface area contributed by atoms with Gasteiger partial charge in [-0.3, -0.25) is 15.1 Å². The molecule has 0 fully saturated rings. The number of aromatic nitrogens is 1. The first-order chi connectivity index (χ1) is 12.0. The van der Waals surface area contributed by atoms with Crippen molar-refractivity contribution >= 4 is 22.8 Å². The van der Waals surface area contributed by atoms with Gasteiger partial charge >= 0.3 is 6.18 Å². The first kappa shape index (κ1) is 19.6. The lowest BCUT2D eigenvalue weighted by atomic mass is 10.1. The molecule has 1 aromatic heterocycles. The van der Waals surface area contributed by atoms with E-state index in [1.165, 1.54) is 13.1 Å². The summed E-state index contributed by atoms with van der Waals surface area (Å²) in [6, 6.07) is 3.42. The number of carbonyl (C=O) groups is 1. The number of nitrogens with two attached hydrogens (primary N) is 1. The minimum atomic E-state index is -4.62. The first-order valence-corrected chi connectivity index (χ1v) is 7.64. The van der Waals surface area contributed by atoms with E-state index in [9.17, 15) is 18.0 Å². The minimum Gasteiger partial charge on any atom is -0.492 e. The molecule has 2 rings (SSSR count). The fourth-order valence-electron chi connectivity index (χ4n) is 2.28. The number of aromatic amines is 1. The number of guanidine groups is 1. The summed E-state index contributed by atoms with van der Waals surface area (Å²) in [5.74, 6) is -1.18. The Labute approximate surface area is 148 Å². The molecule has 0 aliphatic heterocycles. The third-order valence-corrected chi connectivity index (χ3v) is 3.72. The molecule has 4 N–H and O–H groups in total. The van der Waals surface area contributed by atoms with Crippen LogP contribution in [0.5, 0.6) is 5.75 Å². The fourth-order valence-corrected chi connectivity index (χ4v) is 2.28. The Morgan fingerprint density at radius 3 is 2.46 bits per heavy atom. The van der Waals surface area contributed by atoms with Gasteiger partial charge in [-0.05, 0) is 26.2 Å². The minimum absolute atomic E-state index is 0.0486. The lowest BCUT2D eigenvalue weighted by Crippen LogP contribution is -2.38. The summed E-state index contributed by atoms with van der Waals surface area (Å²) in [6.07, 6.45) is -4.62. The van der Waals surface area contributed by atoms with Crippen LogP contribution in [0.25, 0.3) is 10.9 Å². The Bertz CT molecular complexity index is 829. The normalized spacial score (nSPS) is 11.8. The van der Waals surface area contributed by atoms with Crippen LogP contribution in [0.2, 0.25) is 0 Å². The molecule has 0 aliphatic rings. The number of fused-ring (bicyclic) bond motifs is 1. The second-order valence-corrected chi connectivity index (χ2v) is 6.01. The zero-order valence-corrected chi connectivity index (χ0v) is 14.6. The number of benzene rings is 1. The number of halogens is 3. The number of alkyl halides is 3. The van der Waals surface area contributed by atoms with Crippen molar-refractivity contribution in [3.05, 3.63) is 29.5 Å². The van der Waals surface area contributed by atoms with Crippen molar-refractivity contribution < 1.29 is 22.7 Å². The van der Waals surface area contributed by atoms with E-state index in [1.54, 1.807) is 0 Å². The molecule has 0 radical (unpaired) electrons. The molecule has 142 valence electrons. The predicted octanol–water partition coefficient (Wildman–Crippen LogP) is 2.09. The maximum Gasteiger partial charge on any atom is 0.417 e. The Hall–Kier alpha value is -2.75. The maximum atomic E-state index is 13.4. The van der Waals surface area contributed by atoms with Crippen LogP contribution in [0.4, 0.5) is 13.2 Å². The maximum absolute atomic E-state index is 13.4. The highest BCUT2D eigenvalue weighted by Gasteiger charge is 2.34. The number of nitrogens with one attached hydrogen (secondary N) is 2. The smallest absolute Gasteiger partial charge is 0.417 e. The van der Waals surface area contributed by atoms with Gasteiger partial charge in [-0.15, -0.1) is 0 Å². The van der Waals surface area contributed by atoms with Crippen molar-refractivity contribution in [1.82, 2.24) is 14.8 Å². The number of likely N-dealkylation sites (N-methyl/N-ethyl adjacent to an activating group) is 1. The first-order valence-electron chi connectivity index (χ1n) is 7.64. The largest absolute Gasteiger partial charge is 0.492 e. The molecule has 0 saturated carbocycles. The number of hydrogen-bond acceptors (Lipinski definition) is 4. The van der Waals surface area contributed by atoms with Crippen molar-refractivity contribution in [2.24, 2.45) is 5.73 Å². The van der Waals surface area contributed by atoms with Crippen LogP contribution < -0.4 is 10.5 Å². The van der Waals surface area contributed by atoms with Crippen LogP contribution in [0, 0.1) is 5.41 Å². The summed E-state index contributed by atoms with van der Waals surface area (Å²) in [7, 11) is 4.90.